The Morgan fingerprint density at radius 2 is 2.00 bits per heavy atom. The van der Waals surface area contributed by atoms with Crippen molar-refractivity contribution in [2.24, 2.45) is 23.2 Å². The van der Waals surface area contributed by atoms with Crippen molar-refractivity contribution in [3.05, 3.63) is 33.8 Å². The molecule has 3 rings (SSSR count). The quantitative estimate of drug-likeness (QED) is 0.513. The van der Waals surface area contributed by atoms with Gasteiger partial charge >= 0.3 is 0 Å². The van der Waals surface area contributed by atoms with E-state index in [0.29, 0.717) is 33.5 Å². The summed E-state index contributed by atoms with van der Waals surface area (Å²) >= 11 is 17.2. The van der Waals surface area contributed by atoms with Crippen LogP contribution in [0.1, 0.15) is 38.7 Å². The fraction of sp³-hybridized carbons (Fsp3) is 0.579. The van der Waals surface area contributed by atoms with Gasteiger partial charge < -0.3 is 5.32 Å². The molecule has 1 aromatic rings. The van der Waals surface area contributed by atoms with Crippen LogP contribution in [0, 0.1) is 23.2 Å². The second kappa shape index (κ2) is 7.91. The summed E-state index contributed by atoms with van der Waals surface area (Å²) in [6.07, 6.45) is 4.35. The molecular weight excluding hydrogens is 389 g/mol. The van der Waals surface area contributed by atoms with Gasteiger partial charge in [0, 0.05) is 12.5 Å². The Kier molecular flexibility index (Phi) is 6.00. The van der Waals surface area contributed by atoms with Gasteiger partial charge in [-0.2, -0.15) is 0 Å². The summed E-state index contributed by atoms with van der Waals surface area (Å²) in [5.74, 6) is 1.29. The van der Waals surface area contributed by atoms with Crippen molar-refractivity contribution < 1.29 is 4.79 Å². The van der Waals surface area contributed by atoms with Gasteiger partial charge in [-0.1, -0.05) is 43.1 Å². The number of amides is 1. The molecule has 2 fully saturated rings. The Labute approximate surface area is 170 Å². The SMILES string of the molecule is CC1(C)C2CCC(C2)C1C(=O)NNC(=S)NCCc1ccc(Cl)c(Cl)c1. The number of benzene rings is 1. The van der Waals surface area contributed by atoms with Crippen molar-refractivity contribution in [2.75, 3.05) is 6.54 Å². The highest BCUT2D eigenvalue weighted by molar-refractivity contribution is 7.80. The van der Waals surface area contributed by atoms with Crippen molar-refractivity contribution in [1.82, 2.24) is 16.2 Å². The lowest BCUT2D eigenvalue weighted by Gasteiger charge is -2.37. The molecule has 0 heterocycles. The molecule has 0 aliphatic heterocycles. The number of carbonyl (C=O) groups excluding carboxylic acids is 1. The number of thiocarbonyl (C=S) groups is 1. The first-order chi connectivity index (χ1) is 12.3. The van der Waals surface area contributed by atoms with Crippen LogP contribution in [0.4, 0.5) is 0 Å². The van der Waals surface area contributed by atoms with Crippen molar-refractivity contribution in [3.8, 4) is 0 Å². The summed E-state index contributed by atoms with van der Waals surface area (Å²) in [5.41, 5.74) is 6.77. The van der Waals surface area contributed by atoms with Gasteiger partial charge in [0.2, 0.25) is 5.91 Å². The topological polar surface area (TPSA) is 53.2 Å². The number of rotatable bonds is 4. The van der Waals surface area contributed by atoms with Crippen LogP contribution in [0.5, 0.6) is 0 Å². The second-order valence-corrected chi connectivity index (χ2v) is 9.16. The first kappa shape index (κ1) is 19.7. The molecule has 142 valence electrons. The Hall–Kier alpha value is -1.04. The Morgan fingerprint density at radius 3 is 2.65 bits per heavy atom. The number of carbonyl (C=O) groups is 1. The lowest BCUT2D eigenvalue weighted by molar-refractivity contribution is -0.131. The lowest BCUT2D eigenvalue weighted by atomic mass is 9.68. The van der Waals surface area contributed by atoms with E-state index in [-0.39, 0.29) is 17.2 Å². The molecule has 26 heavy (non-hydrogen) atoms. The zero-order valence-corrected chi connectivity index (χ0v) is 17.4. The van der Waals surface area contributed by atoms with E-state index in [0.717, 1.165) is 12.0 Å². The van der Waals surface area contributed by atoms with Gasteiger partial charge in [-0.3, -0.25) is 15.6 Å². The molecule has 2 saturated carbocycles. The number of nitrogens with one attached hydrogen (secondary N) is 3. The van der Waals surface area contributed by atoms with E-state index < -0.39 is 0 Å². The molecule has 2 aliphatic rings. The van der Waals surface area contributed by atoms with Gasteiger partial charge in [0.25, 0.3) is 0 Å². The molecule has 0 aromatic heterocycles. The molecule has 3 atom stereocenters. The molecule has 0 spiro atoms. The Morgan fingerprint density at radius 1 is 1.23 bits per heavy atom. The van der Waals surface area contributed by atoms with Crippen molar-refractivity contribution in [2.45, 2.75) is 39.5 Å². The summed E-state index contributed by atoms with van der Waals surface area (Å²) in [4.78, 5) is 12.6. The van der Waals surface area contributed by atoms with Crippen molar-refractivity contribution in [1.29, 1.82) is 0 Å². The highest BCUT2D eigenvalue weighted by Gasteiger charge is 2.55. The maximum Gasteiger partial charge on any atom is 0.242 e. The summed E-state index contributed by atoms with van der Waals surface area (Å²) in [6, 6.07) is 5.57. The molecule has 1 amide bonds. The predicted molar refractivity (Wildman–Crippen MR) is 110 cm³/mol. The minimum Gasteiger partial charge on any atom is -0.361 e. The van der Waals surface area contributed by atoms with Crippen LogP contribution in [0.3, 0.4) is 0 Å². The Bertz CT molecular complexity index is 710. The van der Waals surface area contributed by atoms with E-state index >= 15 is 0 Å². The monoisotopic (exact) mass is 413 g/mol. The zero-order valence-electron chi connectivity index (χ0n) is 15.1. The second-order valence-electron chi connectivity index (χ2n) is 7.94. The highest BCUT2D eigenvalue weighted by Crippen LogP contribution is 2.59. The molecule has 4 nitrogen and oxygen atoms in total. The summed E-state index contributed by atoms with van der Waals surface area (Å²) < 4.78 is 0. The molecule has 2 aliphatic carbocycles. The highest BCUT2D eigenvalue weighted by atomic mass is 35.5. The van der Waals surface area contributed by atoms with Crippen LogP contribution in [0.2, 0.25) is 10.0 Å². The van der Waals surface area contributed by atoms with E-state index in [1.54, 1.807) is 6.07 Å². The molecule has 0 saturated heterocycles. The largest absolute Gasteiger partial charge is 0.361 e. The van der Waals surface area contributed by atoms with Crippen LogP contribution >= 0.6 is 35.4 Å². The third-order valence-electron chi connectivity index (χ3n) is 6.06. The van der Waals surface area contributed by atoms with Gasteiger partial charge in [0.15, 0.2) is 5.11 Å². The van der Waals surface area contributed by atoms with E-state index in [2.05, 4.69) is 30.0 Å². The number of hydrogen-bond donors (Lipinski definition) is 3. The summed E-state index contributed by atoms with van der Waals surface area (Å²) in [6.45, 7) is 5.07. The molecule has 2 bridgehead atoms. The van der Waals surface area contributed by atoms with Crippen LogP contribution in [-0.2, 0) is 11.2 Å². The molecule has 7 heteroatoms. The Balaban J connectivity index is 1.41. The summed E-state index contributed by atoms with van der Waals surface area (Å²) in [7, 11) is 0. The molecule has 3 N–H and O–H groups in total. The first-order valence-electron chi connectivity index (χ1n) is 9.06. The zero-order chi connectivity index (χ0) is 18.9. The van der Waals surface area contributed by atoms with Crippen LogP contribution in [-0.4, -0.2) is 17.6 Å². The average molecular weight is 414 g/mol. The maximum absolute atomic E-state index is 12.6. The number of hydrogen-bond acceptors (Lipinski definition) is 2. The smallest absolute Gasteiger partial charge is 0.242 e. The molecule has 1 aromatic carbocycles. The molecule has 3 unspecified atom stereocenters. The number of hydrazine groups is 1. The third kappa shape index (κ3) is 4.10. The van der Waals surface area contributed by atoms with Crippen molar-refractivity contribution >= 4 is 46.4 Å². The fourth-order valence-corrected chi connectivity index (χ4v) is 5.14. The van der Waals surface area contributed by atoms with Crippen LogP contribution in [0.15, 0.2) is 18.2 Å². The maximum atomic E-state index is 12.6. The minimum atomic E-state index is 0.0517. The van der Waals surface area contributed by atoms with E-state index in [4.69, 9.17) is 35.4 Å². The van der Waals surface area contributed by atoms with Gasteiger partial charge in [0.1, 0.15) is 0 Å². The number of halogens is 2. The predicted octanol–water partition coefficient (Wildman–Crippen LogP) is 4.10. The lowest BCUT2D eigenvalue weighted by Crippen LogP contribution is -2.52. The van der Waals surface area contributed by atoms with Gasteiger partial charge in [-0.25, -0.2) is 0 Å². The third-order valence-corrected chi connectivity index (χ3v) is 7.05. The van der Waals surface area contributed by atoms with Crippen LogP contribution < -0.4 is 16.2 Å². The van der Waals surface area contributed by atoms with Gasteiger partial charge in [-0.15, -0.1) is 0 Å². The standard InChI is InChI=1S/C19H25Cl2N3OS/c1-19(2)13-5-4-12(10-13)16(19)17(25)23-24-18(26)22-8-7-11-3-6-14(20)15(21)9-11/h3,6,9,12-13,16H,4-5,7-8,10H2,1-2H3,(H,23,25)(H2,22,24,26). The average Bonchev–Trinajstić information content (AvgIpc) is 3.15. The van der Waals surface area contributed by atoms with E-state index in [9.17, 15) is 4.79 Å². The molecular formula is C19H25Cl2N3OS. The van der Waals surface area contributed by atoms with E-state index in [1.165, 1.54) is 19.3 Å². The van der Waals surface area contributed by atoms with Gasteiger partial charge in [0.05, 0.1) is 10.0 Å². The van der Waals surface area contributed by atoms with Gasteiger partial charge in [-0.05, 0) is 72.8 Å². The normalized spacial score (nSPS) is 25.8. The summed E-state index contributed by atoms with van der Waals surface area (Å²) in [5, 5.41) is 4.61. The number of fused-ring (bicyclic) bond motifs is 2. The molecule has 0 radical (unpaired) electrons. The fourth-order valence-electron chi connectivity index (χ4n) is 4.66. The van der Waals surface area contributed by atoms with E-state index in [1.807, 2.05) is 12.1 Å². The van der Waals surface area contributed by atoms with Crippen molar-refractivity contribution in [3.63, 3.8) is 0 Å². The minimum absolute atomic E-state index is 0.0517. The van der Waals surface area contributed by atoms with Crippen LogP contribution in [0.25, 0.3) is 0 Å². The first-order valence-corrected chi connectivity index (χ1v) is 10.2.